The molecular weight excluding hydrogens is 250 g/mol. The van der Waals surface area contributed by atoms with E-state index in [1.165, 1.54) is 38.5 Å². The highest BCUT2D eigenvalue weighted by Crippen LogP contribution is 2.60. The summed E-state index contributed by atoms with van der Waals surface area (Å²) in [6, 6.07) is 0. The van der Waals surface area contributed by atoms with Crippen molar-refractivity contribution in [3.8, 4) is 0 Å². The molecule has 1 aromatic rings. The highest BCUT2D eigenvalue weighted by atomic mass is 16.5. The van der Waals surface area contributed by atoms with Gasteiger partial charge in [-0.3, -0.25) is 0 Å². The average molecular weight is 275 g/mol. The standard InChI is InChI=1S/C16H25N3O/c1-10(9-17)15-18-14(19-20-15)8-16-5-11-2-12(6-16)4-13(3-11)7-16/h10-13H,2-9,17H2,1H3. The van der Waals surface area contributed by atoms with Gasteiger partial charge in [-0.05, 0) is 61.7 Å². The fraction of sp³-hybridized carbons (Fsp3) is 0.875. The van der Waals surface area contributed by atoms with Gasteiger partial charge >= 0.3 is 0 Å². The Morgan fingerprint density at radius 2 is 1.80 bits per heavy atom. The maximum absolute atomic E-state index is 5.67. The predicted octanol–water partition coefficient (Wildman–Crippen LogP) is 2.89. The van der Waals surface area contributed by atoms with Crippen molar-refractivity contribution in [3.05, 3.63) is 11.7 Å². The molecule has 4 bridgehead atoms. The van der Waals surface area contributed by atoms with Crippen molar-refractivity contribution in [1.82, 2.24) is 10.1 Å². The van der Waals surface area contributed by atoms with Crippen LogP contribution in [-0.2, 0) is 6.42 Å². The summed E-state index contributed by atoms with van der Waals surface area (Å²) in [5.41, 5.74) is 6.16. The van der Waals surface area contributed by atoms with Crippen molar-refractivity contribution >= 4 is 0 Å². The molecule has 4 aliphatic carbocycles. The van der Waals surface area contributed by atoms with Gasteiger partial charge in [-0.15, -0.1) is 0 Å². The summed E-state index contributed by atoms with van der Waals surface area (Å²) < 4.78 is 5.39. The van der Waals surface area contributed by atoms with E-state index >= 15 is 0 Å². The van der Waals surface area contributed by atoms with E-state index in [0.29, 0.717) is 17.9 Å². The molecule has 0 saturated heterocycles. The molecule has 4 aliphatic rings. The summed E-state index contributed by atoms with van der Waals surface area (Å²) in [5, 5.41) is 4.22. The summed E-state index contributed by atoms with van der Waals surface area (Å²) in [6.07, 6.45) is 9.68. The highest BCUT2D eigenvalue weighted by Gasteiger charge is 2.51. The number of hydrogen-bond acceptors (Lipinski definition) is 4. The molecule has 20 heavy (non-hydrogen) atoms. The lowest BCUT2D eigenvalue weighted by molar-refractivity contribution is -0.0533. The van der Waals surface area contributed by atoms with Gasteiger partial charge in [0.1, 0.15) is 0 Å². The molecule has 4 fully saturated rings. The van der Waals surface area contributed by atoms with Crippen LogP contribution in [0.4, 0.5) is 0 Å². The first-order valence-electron chi connectivity index (χ1n) is 8.18. The molecule has 0 spiro atoms. The van der Waals surface area contributed by atoms with E-state index in [4.69, 9.17) is 10.3 Å². The van der Waals surface area contributed by atoms with Crippen molar-refractivity contribution < 1.29 is 4.52 Å². The molecule has 2 N–H and O–H groups in total. The molecule has 0 aromatic carbocycles. The third-order valence-corrected chi connectivity index (χ3v) is 5.96. The van der Waals surface area contributed by atoms with E-state index in [-0.39, 0.29) is 5.92 Å². The van der Waals surface area contributed by atoms with Crippen molar-refractivity contribution in [2.75, 3.05) is 6.54 Å². The summed E-state index contributed by atoms with van der Waals surface area (Å²) in [4.78, 5) is 4.60. The normalized spacial score (nSPS) is 40.2. The van der Waals surface area contributed by atoms with Crippen LogP contribution < -0.4 is 5.73 Å². The minimum atomic E-state index is 0.174. The maximum atomic E-state index is 5.67. The molecule has 1 aromatic heterocycles. The van der Waals surface area contributed by atoms with Crippen LogP contribution in [0.1, 0.15) is 63.1 Å². The number of nitrogens with two attached hydrogens (primary N) is 1. The molecule has 0 aliphatic heterocycles. The molecule has 0 radical (unpaired) electrons. The second-order valence-electron chi connectivity index (χ2n) is 7.78. The van der Waals surface area contributed by atoms with Crippen LogP contribution in [-0.4, -0.2) is 16.7 Å². The zero-order chi connectivity index (χ0) is 13.7. The van der Waals surface area contributed by atoms with Gasteiger partial charge in [0.25, 0.3) is 0 Å². The van der Waals surface area contributed by atoms with Gasteiger partial charge < -0.3 is 10.3 Å². The van der Waals surface area contributed by atoms with Crippen LogP contribution in [0.15, 0.2) is 4.52 Å². The molecule has 110 valence electrons. The number of hydrogen-bond donors (Lipinski definition) is 1. The fourth-order valence-corrected chi connectivity index (χ4v) is 5.48. The maximum Gasteiger partial charge on any atom is 0.230 e. The third kappa shape index (κ3) is 2.09. The smallest absolute Gasteiger partial charge is 0.230 e. The minimum Gasteiger partial charge on any atom is -0.339 e. The summed E-state index contributed by atoms with van der Waals surface area (Å²) >= 11 is 0. The lowest BCUT2D eigenvalue weighted by Crippen LogP contribution is -2.47. The zero-order valence-electron chi connectivity index (χ0n) is 12.3. The van der Waals surface area contributed by atoms with Gasteiger partial charge in [-0.25, -0.2) is 0 Å². The molecule has 1 unspecified atom stereocenters. The van der Waals surface area contributed by atoms with E-state index < -0.39 is 0 Å². The molecule has 4 heteroatoms. The van der Waals surface area contributed by atoms with Gasteiger partial charge in [0.05, 0.1) is 0 Å². The van der Waals surface area contributed by atoms with Crippen molar-refractivity contribution in [2.45, 2.75) is 57.8 Å². The van der Waals surface area contributed by atoms with Crippen molar-refractivity contribution in [1.29, 1.82) is 0 Å². The van der Waals surface area contributed by atoms with Crippen molar-refractivity contribution in [2.24, 2.45) is 28.9 Å². The quantitative estimate of drug-likeness (QED) is 0.917. The Hall–Kier alpha value is -0.900. The van der Waals surface area contributed by atoms with Gasteiger partial charge in [-0.2, -0.15) is 4.98 Å². The third-order valence-electron chi connectivity index (χ3n) is 5.96. The van der Waals surface area contributed by atoms with Crippen LogP contribution in [0.2, 0.25) is 0 Å². The predicted molar refractivity (Wildman–Crippen MR) is 76.1 cm³/mol. The topological polar surface area (TPSA) is 64.9 Å². The second kappa shape index (κ2) is 4.55. The van der Waals surface area contributed by atoms with Crippen LogP contribution in [0, 0.1) is 23.2 Å². The molecular formula is C16H25N3O. The second-order valence-corrected chi connectivity index (χ2v) is 7.78. The zero-order valence-corrected chi connectivity index (χ0v) is 12.3. The lowest BCUT2D eigenvalue weighted by atomic mass is 9.49. The molecule has 4 saturated carbocycles. The number of rotatable bonds is 4. The van der Waals surface area contributed by atoms with Crippen LogP contribution >= 0.6 is 0 Å². The van der Waals surface area contributed by atoms with Crippen molar-refractivity contribution in [3.63, 3.8) is 0 Å². The van der Waals surface area contributed by atoms with Crippen LogP contribution in [0.3, 0.4) is 0 Å². The summed E-state index contributed by atoms with van der Waals surface area (Å²) in [7, 11) is 0. The first-order chi connectivity index (χ1) is 9.66. The lowest BCUT2D eigenvalue weighted by Gasteiger charge is -2.56. The first-order valence-corrected chi connectivity index (χ1v) is 8.18. The Kier molecular flexibility index (Phi) is 2.92. The molecule has 5 rings (SSSR count). The van der Waals surface area contributed by atoms with Crippen LogP contribution in [0.25, 0.3) is 0 Å². The van der Waals surface area contributed by atoms with E-state index in [2.05, 4.69) is 10.1 Å². The van der Waals surface area contributed by atoms with Gasteiger partial charge in [-0.1, -0.05) is 12.1 Å². The van der Waals surface area contributed by atoms with Gasteiger partial charge in [0.15, 0.2) is 5.82 Å². The minimum absolute atomic E-state index is 0.174. The molecule has 1 atom stereocenters. The highest BCUT2D eigenvalue weighted by molar-refractivity contribution is 5.06. The number of aromatic nitrogens is 2. The van der Waals surface area contributed by atoms with E-state index in [1.807, 2.05) is 6.92 Å². The Bertz CT molecular complexity index is 460. The molecule has 1 heterocycles. The Labute approximate surface area is 120 Å². The molecule has 4 nitrogen and oxygen atoms in total. The SMILES string of the molecule is CC(CN)c1nc(CC23CC4CC(CC(C4)C2)C3)no1. The van der Waals surface area contributed by atoms with Gasteiger partial charge in [0.2, 0.25) is 5.89 Å². The Balaban J connectivity index is 1.52. The van der Waals surface area contributed by atoms with E-state index in [1.54, 1.807) is 0 Å². The summed E-state index contributed by atoms with van der Waals surface area (Å²) in [5.74, 6) is 4.75. The fourth-order valence-electron chi connectivity index (χ4n) is 5.48. The Morgan fingerprint density at radius 1 is 1.20 bits per heavy atom. The van der Waals surface area contributed by atoms with E-state index in [0.717, 1.165) is 30.0 Å². The Morgan fingerprint density at radius 3 is 2.35 bits per heavy atom. The van der Waals surface area contributed by atoms with E-state index in [9.17, 15) is 0 Å². The monoisotopic (exact) mass is 275 g/mol. The largest absolute Gasteiger partial charge is 0.339 e. The number of nitrogens with zero attached hydrogens (tertiary/aromatic N) is 2. The first kappa shape index (κ1) is 12.8. The van der Waals surface area contributed by atoms with Gasteiger partial charge in [0, 0.05) is 18.9 Å². The molecule has 0 amide bonds. The summed E-state index contributed by atoms with van der Waals surface area (Å²) in [6.45, 7) is 2.61. The average Bonchev–Trinajstić information content (AvgIpc) is 2.83. The van der Waals surface area contributed by atoms with Crippen LogP contribution in [0.5, 0.6) is 0 Å².